The van der Waals surface area contributed by atoms with Crippen molar-refractivity contribution in [2.24, 2.45) is 11.7 Å². The van der Waals surface area contributed by atoms with Crippen LogP contribution in [0.15, 0.2) is 29.2 Å². The van der Waals surface area contributed by atoms with E-state index >= 15 is 0 Å². The zero-order chi connectivity index (χ0) is 12.8. The zero-order valence-electron chi connectivity index (χ0n) is 10.6. The molecule has 0 aromatic heterocycles. The normalized spacial score (nSPS) is 14.1. The molecule has 0 spiro atoms. The largest absolute Gasteiger partial charge is 0.325 e. The number of rotatable bonds is 5. The summed E-state index contributed by atoms with van der Waals surface area (Å²) in [5.41, 5.74) is 6.66. The number of carbonyl (C=O) groups is 1. The molecule has 0 fully saturated rings. The van der Waals surface area contributed by atoms with E-state index in [1.165, 1.54) is 4.90 Å². The number of anilines is 1. The van der Waals surface area contributed by atoms with E-state index in [0.29, 0.717) is 0 Å². The second kappa shape index (κ2) is 6.67. The van der Waals surface area contributed by atoms with Gasteiger partial charge in [-0.3, -0.25) is 4.79 Å². The lowest BCUT2D eigenvalue weighted by atomic mass is 9.99. The van der Waals surface area contributed by atoms with Crippen LogP contribution in [-0.4, -0.2) is 18.2 Å². The van der Waals surface area contributed by atoms with Crippen LogP contribution in [0.25, 0.3) is 0 Å². The highest BCUT2D eigenvalue weighted by Gasteiger charge is 2.19. The van der Waals surface area contributed by atoms with Gasteiger partial charge in [0.1, 0.15) is 0 Å². The van der Waals surface area contributed by atoms with E-state index in [1.54, 1.807) is 11.8 Å². The number of nitrogens with one attached hydrogen (secondary N) is 1. The highest BCUT2D eigenvalue weighted by molar-refractivity contribution is 7.98. The highest BCUT2D eigenvalue weighted by atomic mass is 32.2. The molecule has 0 saturated heterocycles. The fourth-order valence-electron chi connectivity index (χ4n) is 1.41. The predicted octanol–water partition coefficient (Wildman–Crippen LogP) is 2.72. The summed E-state index contributed by atoms with van der Waals surface area (Å²) in [4.78, 5) is 13.0. The maximum Gasteiger partial charge on any atom is 0.241 e. The van der Waals surface area contributed by atoms with Crippen molar-refractivity contribution in [3.63, 3.8) is 0 Å². The average molecular weight is 252 g/mol. The Bertz CT molecular complexity index is 364. The summed E-state index contributed by atoms with van der Waals surface area (Å²) in [6.45, 7) is 4.02. The van der Waals surface area contributed by atoms with E-state index in [2.05, 4.69) is 5.32 Å². The van der Waals surface area contributed by atoms with Gasteiger partial charge < -0.3 is 11.1 Å². The molecule has 1 rings (SSSR count). The molecule has 3 N–H and O–H groups in total. The van der Waals surface area contributed by atoms with Gasteiger partial charge in [-0.2, -0.15) is 0 Å². The number of amides is 1. The first kappa shape index (κ1) is 14.1. The van der Waals surface area contributed by atoms with E-state index < -0.39 is 6.04 Å². The molecule has 2 atom stereocenters. The lowest BCUT2D eigenvalue weighted by Gasteiger charge is -2.17. The minimum absolute atomic E-state index is 0.115. The van der Waals surface area contributed by atoms with Crippen molar-refractivity contribution in [1.82, 2.24) is 0 Å². The molecular weight excluding hydrogens is 232 g/mol. The molecule has 0 radical (unpaired) electrons. The number of benzene rings is 1. The molecule has 3 nitrogen and oxygen atoms in total. The molecule has 0 bridgehead atoms. The summed E-state index contributed by atoms with van der Waals surface area (Å²) in [6.07, 6.45) is 2.92. The van der Waals surface area contributed by atoms with E-state index in [-0.39, 0.29) is 11.8 Å². The second-order valence-corrected chi connectivity index (χ2v) is 5.01. The fraction of sp³-hybridized carbons (Fsp3) is 0.462. The molecule has 0 saturated carbocycles. The maximum atomic E-state index is 11.8. The molecule has 0 aliphatic rings. The lowest BCUT2D eigenvalue weighted by molar-refractivity contribution is -0.118. The van der Waals surface area contributed by atoms with Crippen LogP contribution in [-0.2, 0) is 4.79 Å². The summed E-state index contributed by atoms with van der Waals surface area (Å²) >= 11 is 1.67. The number of hydrogen-bond donors (Lipinski definition) is 2. The molecule has 1 aromatic rings. The van der Waals surface area contributed by atoms with Crippen molar-refractivity contribution >= 4 is 23.4 Å². The van der Waals surface area contributed by atoms with Gasteiger partial charge in [0.25, 0.3) is 0 Å². The third-order valence-corrected chi connectivity index (χ3v) is 3.66. The van der Waals surface area contributed by atoms with Crippen LogP contribution in [0.3, 0.4) is 0 Å². The summed E-state index contributed by atoms with van der Waals surface area (Å²) in [5, 5.41) is 2.84. The maximum absolute atomic E-state index is 11.8. The Morgan fingerprint density at radius 1 is 1.41 bits per heavy atom. The van der Waals surface area contributed by atoms with Crippen molar-refractivity contribution in [3.8, 4) is 0 Å². The SMILES string of the molecule is CC[C@H](C)[C@H](N)C(=O)Nc1ccc(SC)cc1. The quantitative estimate of drug-likeness (QED) is 0.792. The topological polar surface area (TPSA) is 55.1 Å². The molecule has 0 aliphatic heterocycles. The first-order valence-corrected chi connectivity index (χ1v) is 7.01. The van der Waals surface area contributed by atoms with Crippen LogP contribution >= 0.6 is 11.8 Å². The first-order chi connectivity index (χ1) is 8.08. The Labute approximate surface area is 107 Å². The van der Waals surface area contributed by atoms with Gasteiger partial charge in [-0.15, -0.1) is 11.8 Å². The zero-order valence-corrected chi connectivity index (χ0v) is 11.4. The Morgan fingerprint density at radius 2 is 2.00 bits per heavy atom. The number of thioether (sulfide) groups is 1. The van der Waals surface area contributed by atoms with Crippen molar-refractivity contribution in [2.45, 2.75) is 31.2 Å². The van der Waals surface area contributed by atoms with Crippen molar-refractivity contribution in [1.29, 1.82) is 0 Å². The number of carbonyl (C=O) groups excluding carboxylic acids is 1. The van der Waals surface area contributed by atoms with Crippen LogP contribution in [0.1, 0.15) is 20.3 Å². The second-order valence-electron chi connectivity index (χ2n) is 4.13. The molecule has 17 heavy (non-hydrogen) atoms. The smallest absolute Gasteiger partial charge is 0.241 e. The molecular formula is C13H20N2OS. The highest BCUT2D eigenvalue weighted by Crippen LogP contribution is 2.18. The van der Waals surface area contributed by atoms with Crippen molar-refractivity contribution < 1.29 is 4.79 Å². The standard InChI is InChI=1S/C13H20N2OS/c1-4-9(2)12(14)13(16)15-10-5-7-11(17-3)8-6-10/h5-9,12H,4,14H2,1-3H3,(H,15,16)/t9-,12-/m0/s1. The monoisotopic (exact) mass is 252 g/mol. The minimum atomic E-state index is -0.444. The first-order valence-electron chi connectivity index (χ1n) is 5.79. The van der Waals surface area contributed by atoms with Gasteiger partial charge in [-0.1, -0.05) is 20.3 Å². The van der Waals surface area contributed by atoms with E-state index in [4.69, 9.17) is 5.73 Å². The van der Waals surface area contributed by atoms with Crippen LogP contribution in [0.4, 0.5) is 5.69 Å². The van der Waals surface area contributed by atoms with E-state index in [1.807, 2.05) is 44.4 Å². The van der Waals surface area contributed by atoms with Crippen molar-refractivity contribution in [3.05, 3.63) is 24.3 Å². The molecule has 0 aliphatic carbocycles. The molecule has 1 amide bonds. The van der Waals surface area contributed by atoms with Gasteiger partial charge in [0.05, 0.1) is 6.04 Å². The van der Waals surface area contributed by atoms with Gasteiger partial charge in [-0.25, -0.2) is 0 Å². The molecule has 0 unspecified atom stereocenters. The van der Waals surface area contributed by atoms with Gasteiger partial charge >= 0.3 is 0 Å². The molecule has 94 valence electrons. The van der Waals surface area contributed by atoms with Crippen LogP contribution < -0.4 is 11.1 Å². The number of nitrogens with two attached hydrogens (primary N) is 1. The van der Waals surface area contributed by atoms with Gasteiger partial charge in [0.15, 0.2) is 0 Å². The summed E-state index contributed by atoms with van der Waals surface area (Å²) in [7, 11) is 0. The third kappa shape index (κ3) is 4.06. The van der Waals surface area contributed by atoms with E-state index in [0.717, 1.165) is 12.1 Å². The summed E-state index contributed by atoms with van der Waals surface area (Å²) < 4.78 is 0. The summed E-state index contributed by atoms with van der Waals surface area (Å²) in [6, 6.07) is 7.31. The Hall–Kier alpha value is -1.00. The van der Waals surface area contributed by atoms with Gasteiger partial charge in [0.2, 0.25) is 5.91 Å². The lowest BCUT2D eigenvalue weighted by Crippen LogP contribution is -2.40. The molecule has 1 aromatic carbocycles. The van der Waals surface area contributed by atoms with Crippen LogP contribution in [0.2, 0.25) is 0 Å². The molecule has 0 heterocycles. The Morgan fingerprint density at radius 3 is 2.47 bits per heavy atom. The van der Waals surface area contributed by atoms with Crippen LogP contribution in [0, 0.1) is 5.92 Å². The number of hydrogen-bond acceptors (Lipinski definition) is 3. The van der Waals surface area contributed by atoms with Crippen molar-refractivity contribution in [2.75, 3.05) is 11.6 Å². The Kier molecular flexibility index (Phi) is 5.51. The molecule has 4 heteroatoms. The average Bonchev–Trinajstić information content (AvgIpc) is 2.37. The third-order valence-electron chi connectivity index (χ3n) is 2.92. The van der Waals surface area contributed by atoms with E-state index in [9.17, 15) is 4.79 Å². The fourth-order valence-corrected chi connectivity index (χ4v) is 1.82. The van der Waals surface area contributed by atoms with Crippen LogP contribution in [0.5, 0.6) is 0 Å². The van der Waals surface area contributed by atoms with Gasteiger partial charge in [0, 0.05) is 10.6 Å². The van der Waals surface area contributed by atoms with Gasteiger partial charge in [-0.05, 0) is 36.4 Å². The predicted molar refractivity (Wildman–Crippen MR) is 74.3 cm³/mol. The minimum Gasteiger partial charge on any atom is -0.325 e. The Balaban J connectivity index is 2.61. The summed E-state index contributed by atoms with van der Waals surface area (Å²) in [5.74, 6) is 0.0803.